The van der Waals surface area contributed by atoms with Crippen molar-refractivity contribution in [1.82, 2.24) is 9.78 Å². The zero-order chi connectivity index (χ0) is 14.2. The summed E-state index contributed by atoms with van der Waals surface area (Å²) in [5, 5.41) is 15.5. The summed E-state index contributed by atoms with van der Waals surface area (Å²) in [6.45, 7) is 3.69. The molecule has 0 aliphatic heterocycles. The maximum atomic E-state index is 10.7. The Morgan fingerprint density at radius 3 is 2.42 bits per heavy atom. The lowest BCUT2D eigenvalue weighted by Crippen LogP contribution is -2.24. The number of hydrogen-bond donors (Lipinski definition) is 1. The van der Waals surface area contributed by atoms with Crippen molar-refractivity contribution in [3.63, 3.8) is 0 Å². The van der Waals surface area contributed by atoms with Gasteiger partial charge in [0.1, 0.15) is 5.15 Å². The van der Waals surface area contributed by atoms with E-state index in [9.17, 15) is 5.11 Å². The third kappa shape index (κ3) is 3.02. The van der Waals surface area contributed by atoms with Crippen LogP contribution in [0.25, 0.3) is 0 Å². The molecule has 5 heteroatoms. The number of nitrogens with zero attached hydrogens (tertiary/aromatic N) is 2. The van der Waals surface area contributed by atoms with Gasteiger partial charge in [0.2, 0.25) is 0 Å². The molecule has 102 valence electrons. The molecule has 1 aromatic carbocycles. The molecule has 0 spiro atoms. The van der Waals surface area contributed by atoms with Gasteiger partial charge in [-0.05, 0) is 31.5 Å². The zero-order valence-corrected chi connectivity index (χ0v) is 13.5. The lowest BCUT2D eigenvalue weighted by molar-refractivity contribution is 0.0574. The van der Waals surface area contributed by atoms with Crippen LogP contribution < -0.4 is 0 Å². The summed E-state index contributed by atoms with van der Waals surface area (Å²) in [5.74, 6) is 0. The van der Waals surface area contributed by atoms with Gasteiger partial charge in [0.25, 0.3) is 0 Å². The smallest absolute Gasteiger partial charge is 0.130 e. The van der Waals surface area contributed by atoms with Gasteiger partial charge in [-0.15, -0.1) is 0 Å². The minimum Gasteiger partial charge on any atom is -0.385 e. The van der Waals surface area contributed by atoms with Crippen molar-refractivity contribution in [2.45, 2.75) is 25.9 Å². The fourth-order valence-electron chi connectivity index (χ4n) is 2.13. The summed E-state index contributed by atoms with van der Waals surface area (Å²) >= 11 is 9.60. The van der Waals surface area contributed by atoms with Crippen molar-refractivity contribution < 1.29 is 5.11 Å². The Bertz CT molecular complexity index is 590. The van der Waals surface area contributed by atoms with Crippen molar-refractivity contribution in [3.05, 3.63) is 50.7 Å². The molecule has 2 aromatic rings. The first-order valence-electron chi connectivity index (χ1n) is 5.97. The zero-order valence-electron chi connectivity index (χ0n) is 11.1. The lowest BCUT2D eigenvalue weighted by atomic mass is 9.89. The maximum Gasteiger partial charge on any atom is 0.130 e. The van der Waals surface area contributed by atoms with E-state index >= 15 is 0 Å². The molecule has 0 aliphatic carbocycles. The highest BCUT2D eigenvalue weighted by atomic mass is 79.9. The van der Waals surface area contributed by atoms with E-state index in [4.69, 9.17) is 11.6 Å². The second-order valence-corrected chi connectivity index (χ2v) is 6.21. The number of aliphatic hydroxyl groups is 1. The summed E-state index contributed by atoms with van der Waals surface area (Å²) in [6, 6.07) is 7.65. The van der Waals surface area contributed by atoms with E-state index in [1.165, 1.54) is 0 Å². The Balaban J connectivity index is 2.33. The Hall–Kier alpha value is -0.840. The van der Waals surface area contributed by atoms with Crippen molar-refractivity contribution >= 4 is 27.5 Å². The van der Waals surface area contributed by atoms with Gasteiger partial charge in [-0.3, -0.25) is 4.68 Å². The van der Waals surface area contributed by atoms with Gasteiger partial charge in [-0.25, -0.2) is 0 Å². The molecule has 3 nitrogen and oxygen atoms in total. The Kier molecular flexibility index (Phi) is 4.04. The lowest BCUT2D eigenvalue weighted by Gasteiger charge is -2.24. The Morgan fingerprint density at radius 1 is 1.37 bits per heavy atom. The Morgan fingerprint density at radius 2 is 1.95 bits per heavy atom. The number of aromatic nitrogens is 2. The first kappa shape index (κ1) is 14.6. The molecule has 0 radical (unpaired) electrons. The molecule has 19 heavy (non-hydrogen) atoms. The minimum atomic E-state index is -0.974. The summed E-state index contributed by atoms with van der Waals surface area (Å²) in [7, 11) is 1.80. The number of hydrogen-bond acceptors (Lipinski definition) is 2. The van der Waals surface area contributed by atoms with E-state index in [0.717, 1.165) is 21.3 Å². The molecule has 1 N–H and O–H groups in total. The molecule has 2 rings (SSSR count). The van der Waals surface area contributed by atoms with Crippen molar-refractivity contribution in [1.29, 1.82) is 0 Å². The van der Waals surface area contributed by atoms with Crippen molar-refractivity contribution in [2.24, 2.45) is 7.05 Å². The van der Waals surface area contributed by atoms with Crippen molar-refractivity contribution in [2.75, 3.05) is 0 Å². The normalized spacial score (nSPS) is 14.4. The van der Waals surface area contributed by atoms with Crippen LogP contribution in [-0.2, 0) is 19.1 Å². The van der Waals surface area contributed by atoms with Gasteiger partial charge in [0.15, 0.2) is 0 Å². The van der Waals surface area contributed by atoms with Crippen molar-refractivity contribution in [3.8, 4) is 0 Å². The molecule has 1 unspecified atom stereocenters. The molecular formula is C14H16BrClN2O. The summed E-state index contributed by atoms with van der Waals surface area (Å²) in [4.78, 5) is 0. The quantitative estimate of drug-likeness (QED) is 0.925. The highest BCUT2D eigenvalue weighted by Gasteiger charge is 2.27. The monoisotopic (exact) mass is 342 g/mol. The SMILES string of the molecule is Cc1nn(C)c(Cl)c1CC(C)(O)c1ccc(Br)cc1. The molecule has 0 amide bonds. The van der Waals surface area contributed by atoms with Crippen LogP contribution in [0.4, 0.5) is 0 Å². The van der Waals surface area contributed by atoms with Gasteiger partial charge in [0, 0.05) is 23.5 Å². The van der Waals surface area contributed by atoms with Crippen LogP contribution in [-0.4, -0.2) is 14.9 Å². The molecule has 0 saturated carbocycles. The minimum absolute atomic E-state index is 0.438. The van der Waals surface area contributed by atoms with E-state index in [0.29, 0.717) is 11.6 Å². The fourth-order valence-corrected chi connectivity index (χ4v) is 2.64. The third-order valence-corrected chi connectivity index (χ3v) is 4.26. The number of aryl methyl sites for hydroxylation is 2. The van der Waals surface area contributed by atoms with Gasteiger partial charge < -0.3 is 5.11 Å². The molecule has 1 heterocycles. The highest BCUT2D eigenvalue weighted by molar-refractivity contribution is 9.10. The van der Waals surface area contributed by atoms with Crippen LogP contribution in [0.1, 0.15) is 23.7 Å². The first-order valence-corrected chi connectivity index (χ1v) is 7.15. The predicted octanol–water partition coefficient (Wildman–Crippen LogP) is 3.59. The van der Waals surface area contributed by atoms with E-state index in [1.54, 1.807) is 18.7 Å². The van der Waals surface area contributed by atoms with Gasteiger partial charge >= 0.3 is 0 Å². The third-order valence-electron chi connectivity index (χ3n) is 3.26. The standard InChI is InChI=1S/C14H16BrClN2O/c1-9-12(13(16)18(3)17-9)8-14(2,19)10-4-6-11(15)7-5-10/h4-7,19H,8H2,1-3H3. The van der Waals surface area contributed by atoms with Crippen LogP contribution in [0.5, 0.6) is 0 Å². The molecule has 0 bridgehead atoms. The van der Waals surface area contributed by atoms with Gasteiger partial charge in [-0.2, -0.15) is 5.10 Å². The molecule has 0 aliphatic rings. The summed E-state index contributed by atoms with van der Waals surface area (Å²) < 4.78 is 2.62. The van der Waals surface area contributed by atoms with Crippen LogP contribution >= 0.6 is 27.5 Å². The topological polar surface area (TPSA) is 38.0 Å². The van der Waals surface area contributed by atoms with Crippen LogP contribution in [0.15, 0.2) is 28.7 Å². The number of halogens is 2. The molecule has 1 atom stereocenters. The maximum absolute atomic E-state index is 10.7. The van der Waals surface area contributed by atoms with Gasteiger partial charge in [0.05, 0.1) is 11.3 Å². The van der Waals surface area contributed by atoms with Crippen LogP contribution in [0.3, 0.4) is 0 Å². The van der Waals surface area contributed by atoms with Crippen LogP contribution in [0.2, 0.25) is 5.15 Å². The van der Waals surface area contributed by atoms with Gasteiger partial charge in [-0.1, -0.05) is 39.7 Å². The highest BCUT2D eigenvalue weighted by Crippen LogP contribution is 2.30. The molecule has 0 fully saturated rings. The average Bonchev–Trinajstić information content (AvgIpc) is 2.56. The van der Waals surface area contributed by atoms with E-state index < -0.39 is 5.60 Å². The van der Waals surface area contributed by atoms with E-state index in [1.807, 2.05) is 31.2 Å². The summed E-state index contributed by atoms with van der Waals surface area (Å²) in [5.41, 5.74) is 1.62. The van der Waals surface area contributed by atoms with Crippen LogP contribution in [0, 0.1) is 6.92 Å². The van der Waals surface area contributed by atoms with E-state index in [2.05, 4.69) is 21.0 Å². The number of rotatable bonds is 3. The van der Waals surface area contributed by atoms with E-state index in [-0.39, 0.29) is 0 Å². The second-order valence-electron chi connectivity index (χ2n) is 4.94. The summed E-state index contributed by atoms with van der Waals surface area (Å²) in [6.07, 6.45) is 0.438. The predicted molar refractivity (Wildman–Crippen MR) is 80.4 cm³/mol. The largest absolute Gasteiger partial charge is 0.385 e. The Labute approximate surface area is 126 Å². The molecule has 0 saturated heterocycles. The molecule has 1 aromatic heterocycles. The number of benzene rings is 1. The molecular weight excluding hydrogens is 328 g/mol. The fraction of sp³-hybridized carbons (Fsp3) is 0.357. The first-order chi connectivity index (χ1) is 8.81. The second kappa shape index (κ2) is 5.27. The average molecular weight is 344 g/mol.